The Bertz CT molecular complexity index is 485. The van der Waals surface area contributed by atoms with Gasteiger partial charge in [0.1, 0.15) is 0 Å². The van der Waals surface area contributed by atoms with Crippen LogP contribution in [0.1, 0.15) is 58.1 Å². The van der Waals surface area contributed by atoms with E-state index in [1.807, 2.05) is 0 Å². The average Bonchev–Trinajstić information content (AvgIpc) is 2.73. The van der Waals surface area contributed by atoms with Crippen LogP contribution < -0.4 is 0 Å². The Labute approximate surface area is 148 Å². The summed E-state index contributed by atoms with van der Waals surface area (Å²) in [6.45, 7) is 12.2. The van der Waals surface area contributed by atoms with Gasteiger partial charge in [0, 0.05) is 13.5 Å². The summed E-state index contributed by atoms with van der Waals surface area (Å²) in [6.07, 6.45) is 6.17. The van der Waals surface area contributed by atoms with Crippen molar-refractivity contribution in [3.63, 3.8) is 0 Å². The first-order valence-corrected chi connectivity index (χ1v) is 8.90. The van der Waals surface area contributed by atoms with E-state index in [0.29, 0.717) is 0 Å². The summed E-state index contributed by atoms with van der Waals surface area (Å²) in [4.78, 5) is 11.4. The molecular formula is C21H35NO2. The van der Waals surface area contributed by atoms with E-state index in [-0.39, 0.29) is 0 Å². The number of aryl methyl sites for hydroxylation is 1. The number of hydrogen-bond acceptors (Lipinski definition) is 2. The van der Waals surface area contributed by atoms with E-state index < -0.39 is 5.97 Å². The molecule has 0 fully saturated rings. The monoisotopic (exact) mass is 333 g/mol. The maximum Gasteiger partial charge on any atom is 0.300 e. The molecule has 24 heavy (non-hydrogen) atoms. The number of nitrogens with zero attached hydrogens (tertiary/aromatic N) is 1. The highest BCUT2D eigenvalue weighted by molar-refractivity contribution is 5.66. The lowest BCUT2D eigenvalue weighted by atomic mass is 10.0. The number of aliphatic carboxylic acids is 1. The molecule has 1 aromatic rings. The Hall–Kier alpha value is -1.61. The Kier molecular flexibility index (Phi) is 11.9. The van der Waals surface area contributed by atoms with Gasteiger partial charge in [0.2, 0.25) is 0 Å². The fraction of sp³-hybridized carbons (Fsp3) is 0.571. The molecule has 1 heterocycles. The first kappa shape index (κ1) is 22.4. The van der Waals surface area contributed by atoms with Crippen LogP contribution in [0.3, 0.4) is 0 Å². The molecule has 0 saturated heterocycles. The highest BCUT2D eigenvalue weighted by atomic mass is 16.4. The SMILES string of the molecule is CC(=O)O.CCC(C)C.Cc1ccc(C2=CCN(C)CCC2)cc1. The van der Waals surface area contributed by atoms with Crippen LogP contribution in [0.25, 0.3) is 5.57 Å². The van der Waals surface area contributed by atoms with Gasteiger partial charge in [-0.1, -0.05) is 63.1 Å². The van der Waals surface area contributed by atoms with Crippen molar-refractivity contribution < 1.29 is 9.90 Å². The van der Waals surface area contributed by atoms with Gasteiger partial charge in [-0.15, -0.1) is 0 Å². The number of rotatable bonds is 2. The zero-order valence-corrected chi connectivity index (χ0v) is 16.3. The lowest BCUT2D eigenvalue weighted by molar-refractivity contribution is -0.134. The van der Waals surface area contributed by atoms with Gasteiger partial charge >= 0.3 is 0 Å². The molecule has 2 rings (SSSR count). The Morgan fingerprint density at radius 2 is 1.75 bits per heavy atom. The Balaban J connectivity index is 0.000000492. The summed E-state index contributed by atoms with van der Waals surface area (Å²) in [5.74, 6) is 0.0509. The fourth-order valence-electron chi connectivity index (χ4n) is 2.03. The van der Waals surface area contributed by atoms with Crippen molar-refractivity contribution >= 4 is 11.5 Å². The molecule has 0 aliphatic carbocycles. The van der Waals surface area contributed by atoms with E-state index in [9.17, 15) is 0 Å². The van der Waals surface area contributed by atoms with Crippen LogP contribution in [0, 0.1) is 12.8 Å². The number of carbonyl (C=O) groups is 1. The molecular weight excluding hydrogens is 298 g/mol. The summed E-state index contributed by atoms with van der Waals surface area (Å²) in [7, 11) is 2.19. The van der Waals surface area contributed by atoms with E-state index in [4.69, 9.17) is 9.90 Å². The Morgan fingerprint density at radius 1 is 1.25 bits per heavy atom. The molecule has 1 aliphatic heterocycles. The van der Waals surface area contributed by atoms with Crippen LogP contribution in [0.15, 0.2) is 30.3 Å². The fourth-order valence-corrected chi connectivity index (χ4v) is 2.03. The van der Waals surface area contributed by atoms with Gasteiger partial charge in [-0.25, -0.2) is 0 Å². The van der Waals surface area contributed by atoms with Gasteiger partial charge in [0.15, 0.2) is 0 Å². The van der Waals surface area contributed by atoms with Crippen molar-refractivity contribution in [2.45, 2.75) is 53.9 Å². The summed E-state index contributed by atoms with van der Waals surface area (Å²) in [6, 6.07) is 8.88. The zero-order valence-electron chi connectivity index (χ0n) is 16.3. The first-order chi connectivity index (χ1) is 11.3. The molecule has 0 aromatic heterocycles. The molecule has 3 nitrogen and oxygen atoms in total. The summed E-state index contributed by atoms with van der Waals surface area (Å²) < 4.78 is 0. The number of carboxylic acid groups (broad SMARTS) is 1. The number of hydrogen-bond donors (Lipinski definition) is 1. The minimum absolute atomic E-state index is 0.833. The zero-order chi connectivity index (χ0) is 18.5. The van der Waals surface area contributed by atoms with E-state index in [1.165, 1.54) is 42.5 Å². The Morgan fingerprint density at radius 3 is 2.21 bits per heavy atom. The second-order valence-corrected chi connectivity index (χ2v) is 6.78. The van der Waals surface area contributed by atoms with Crippen molar-refractivity contribution in [1.82, 2.24) is 4.90 Å². The molecule has 1 N–H and O–H groups in total. The average molecular weight is 334 g/mol. The van der Waals surface area contributed by atoms with Gasteiger partial charge in [-0.2, -0.15) is 0 Å². The molecule has 0 bridgehead atoms. The normalized spacial score (nSPS) is 14.5. The van der Waals surface area contributed by atoms with Crippen LogP contribution in [-0.2, 0) is 4.79 Å². The van der Waals surface area contributed by atoms with Crippen LogP contribution in [0.2, 0.25) is 0 Å². The third-order valence-corrected chi connectivity index (χ3v) is 3.87. The van der Waals surface area contributed by atoms with Crippen molar-refractivity contribution in [2.75, 3.05) is 20.1 Å². The molecule has 1 aromatic carbocycles. The van der Waals surface area contributed by atoms with E-state index in [2.05, 4.69) is 70.0 Å². The molecule has 0 spiro atoms. The first-order valence-electron chi connectivity index (χ1n) is 8.90. The van der Waals surface area contributed by atoms with Crippen LogP contribution in [0.4, 0.5) is 0 Å². The predicted octanol–water partition coefficient (Wildman–Crippen LogP) is 5.25. The minimum Gasteiger partial charge on any atom is -0.481 e. The standard InChI is InChI=1S/C14H19N.C5H12.C2H4O2/c1-12-5-7-14(8-6-12)13-4-3-10-15(2)11-9-13;1-4-5(2)3;1-2(3)4/h5-9H,3-4,10-11H2,1-2H3;5H,4H2,1-3H3;1H3,(H,3,4). The van der Waals surface area contributed by atoms with Gasteiger partial charge in [0.25, 0.3) is 5.97 Å². The highest BCUT2D eigenvalue weighted by Gasteiger charge is 2.07. The van der Waals surface area contributed by atoms with Crippen LogP contribution >= 0.6 is 0 Å². The van der Waals surface area contributed by atoms with Crippen molar-refractivity contribution in [1.29, 1.82) is 0 Å². The summed E-state index contributed by atoms with van der Waals surface area (Å²) in [5.41, 5.74) is 4.25. The summed E-state index contributed by atoms with van der Waals surface area (Å²) >= 11 is 0. The quantitative estimate of drug-likeness (QED) is 0.804. The lowest BCUT2D eigenvalue weighted by Gasteiger charge is -2.09. The maximum atomic E-state index is 9.00. The third-order valence-electron chi connectivity index (χ3n) is 3.87. The highest BCUT2D eigenvalue weighted by Crippen LogP contribution is 2.22. The lowest BCUT2D eigenvalue weighted by Crippen LogP contribution is -2.17. The van der Waals surface area contributed by atoms with Crippen molar-refractivity contribution in [3.8, 4) is 0 Å². The van der Waals surface area contributed by atoms with Crippen LogP contribution in [-0.4, -0.2) is 36.1 Å². The smallest absolute Gasteiger partial charge is 0.300 e. The predicted molar refractivity (Wildman–Crippen MR) is 104 cm³/mol. The number of benzene rings is 1. The summed E-state index contributed by atoms with van der Waals surface area (Å²) in [5, 5.41) is 7.42. The number of allylic oxidation sites excluding steroid dienone is 1. The third kappa shape index (κ3) is 11.9. The van der Waals surface area contributed by atoms with Crippen molar-refractivity contribution in [2.24, 2.45) is 5.92 Å². The molecule has 136 valence electrons. The minimum atomic E-state index is -0.833. The molecule has 0 saturated carbocycles. The molecule has 1 aliphatic rings. The van der Waals surface area contributed by atoms with Gasteiger partial charge in [-0.05, 0) is 50.4 Å². The van der Waals surface area contributed by atoms with E-state index >= 15 is 0 Å². The molecule has 0 radical (unpaired) electrons. The van der Waals surface area contributed by atoms with E-state index in [1.54, 1.807) is 0 Å². The second-order valence-electron chi connectivity index (χ2n) is 6.78. The molecule has 0 atom stereocenters. The molecule has 3 heteroatoms. The topological polar surface area (TPSA) is 40.5 Å². The maximum absolute atomic E-state index is 9.00. The van der Waals surface area contributed by atoms with Crippen molar-refractivity contribution in [3.05, 3.63) is 41.5 Å². The van der Waals surface area contributed by atoms with Gasteiger partial charge in [0.05, 0.1) is 0 Å². The van der Waals surface area contributed by atoms with Gasteiger partial charge < -0.3 is 10.0 Å². The number of carboxylic acids is 1. The largest absolute Gasteiger partial charge is 0.481 e. The van der Waals surface area contributed by atoms with E-state index in [0.717, 1.165) is 19.4 Å². The molecule has 0 unspecified atom stereocenters. The van der Waals surface area contributed by atoms with Crippen LogP contribution in [0.5, 0.6) is 0 Å². The van der Waals surface area contributed by atoms with Gasteiger partial charge in [-0.3, -0.25) is 4.79 Å². The molecule has 0 amide bonds. The number of likely N-dealkylation sites (N-methyl/N-ethyl adjacent to an activating group) is 1. The second kappa shape index (κ2) is 12.8.